The maximum absolute atomic E-state index is 12.5. The highest BCUT2D eigenvalue weighted by atomic mass is 35.5. The molecule has 2 aromatic carbocycles. The van der Waals surface area contributed by atoms with E-state index in [4.69, 9.17) is 68.5 Å². The van der Waals surface area contributed by atoms with Crippen LogP contribution >= 0.6 is 46.4 Å². The largest absolute Gasteiger partial charge is 0.461 e. The van der Waals surface area contributed by atoms with Gasteiger partial charge in [0.1, 0.15) is 0 Å². The molecule has 0 spiro atoms. The molecule has 0 saturated heterocycles. The van der Waals surface area contributed by atoms with Crippen LogP contribution in [0.5, 0.6) is 0 Å². The topological polar surface area (TPSA) is 108 Å². The average Bonchev–Trinajstić information content (AvgIpc) is 2.60. The monoisotopic (exact) mass is 448 g/mol. The molecule has 0 unspecified atom stereocenters. The van der Waals surface area contributed by atoms with E-state index in [1.54, 1.807) is 19.1 Å². The zero-order valence-corrected chi connectivity index (χ0v) is 17.1. The predicted molar refractivity (Wildman–Crippen MR) is 112 cm³/mol. The number of esters is 1. The number of rotatable bonds is 5. The fourth-order valence-electron chi connectivity index (χ4n) is 2.22. The zero-order chi connectivity index (χ0) is 20.3. The molecule has 10 heteroatoms. The Morgan fingerprint density at radius 1 is 1.04 bits per heavy atom. The normalized spacial score (nSPS) is 11.8. The number of hydrogen-bond donors (Lipinski definition) is 3. The molecule has 2 rings (SSSR count). The van der Waals surface area contributed by atoms with E-state index >= 15 is 0 Å². The number of anilines is 2. The van der Waals surface area contributed by atoms with Gasteiger partial charge < -0.3 is 16.2 Å². The third-order valence-corrected chi connectivity index (χ3v) is 4.99. The lowest BCUT2D eigenvalue weighted by atomic mass is 10.1. The summed E-state index contributed by atoms with van der Waals surface area (Å²) in [5, 5.41) is 2.04. The average molecular weight is 450 g/mol. The van der Waals surface area contributed by atoms with Gasteiger partial charge in [-0.1, -0.05) is 52.5 Å². The van der Waals surface area contributed by atoms with Gasteiger partial charge in [-0.15, -0.1) is 0 Å². The molecule has 0 bridgehead atoms. The maximum atomic E-state index is 12.5. The number of carbonyl (C=O) groups excluding carboxylic acids is 1. The Labute approximate surface area is 176 Å². The fraction of sp³-hybridized carbons (Fsp3) is 0.118. The fourth-order valence-corrected chi connectivity index (χ4v) is 2.85. The molecule has 0 aliphatic carbocycles. The first-order valence-corrected chi connectivity index (χ1v) is 9.10. The van der Waals surface area contributed by atoms with E-state index < -0.39 is 5.97 Å². The van der Waals surface area contributed by atoms with Crippen LogP contribution in [0.15, 0.2) is 36.0 Å². The lowest BCUT2D eigenvalue weighted by Gasteiger charge is -2.24. The number of nitrogens with two attached hydrogens (primary N) is 3. The van der Waals surface area contributed by atoms with Crippen LogP contribution in [0.2, 0.25) is 20.1 Å². The molecule has 0 heterocycles. The van der Waals surface area contributed by atoms with Crippen LogP contribution in [0, 0.1) is 0 Å². The van der Waals surface area contributed by atoms with Crippen LogP contribution < -0.4 is 22.3 Å². The van der Waals surface area contributed by atoms with E-state index in [0.29, 0.717) is 10.6 Å². The molecule has 0 fully saturated rings. The van der Waals surface area contributed by atoms with Gasteiger partial charge in [-0.2, -0.15) is 0 Å². The second-order valence-electron chi connectivity index (χ2n) is 5.31. The van der Waals surface area contributed by atoms with Gasteiger partial charge >= 0.3 is 5.97 Å². The van der Waals surface area contributed by atoms with Crippen molar-refractivity contribution in [1.82, 2.24) is 0 Å². The summed E-state index contributed by atoms with van der Waals surface area (Å²) in [5.41, 5.74) is 12.9. The summed E-state index contributed by atoms with van der Waals surface area (Å²) in [5.74, 6) is 5.39. The van der Waals surface area contributed by atoms with Crippen LogP contribution in [0.1, 0.15) is 12.5 Å². The van der Waals surface area contributed by atoms with Crippen molar-refractivity contribution < 1.29 is 9.53 Å². The predicted octanol–water partition coefficient (Wildman–Crippen LogP) is 4.45. The summed E-state index contributed by atoms with van der Waals surface area (Å²) in [6.45, 7) is 1.76. The third-order valence-electron chi connectivity index (χ3n) is 3.52. The molecule has 0 aromatic heterocycles. The molecular formula is C17H16Cl4N4O2. The maximum Gasteiger partial charge on any atom is 0.358 e. The van der Waals surface area contributed by atoms with Crippen molar-refractivity contribution in [2.24, 2.45) is 11.6 Å². The molecule has 0 radical (unpaired) electrons. The van der Waals surface area contributed by atoms with Crippen molar-refractivity contribution in [3.8, 4) is 0 Å². The van der Waals surface area contributed by atoms with Crippen molar-refractivity contribution >= 4 is 69.4 Å². The van der Waals surface area contributed by atoms with Crippen LogP contribution in [0.3, 0.4) is 0 Å². The SMILES string of the molecule is CCOC(=O)/C(=C(\N)c1ccc(Cl)c(Cl)c1)N(N)c1cc(Cl)c(Cl)cc1N. The number of carbonyl (C=O) groups is 1. The highest BCUT2D eigenvalue weighted by Crippen LogP contribution is 2.35. The van der Waals surface area contributed by atoms with Crippen LogP contribution in [0.4, 0.5) is 11.4 Å². The lowest BCUT2D eigenvalue weighted by molar-refractivity contribution is -0.138. The molecule has 0 amide bonds. The van der Waals surface area contributed by atoms with E-state index in [2.05, 4.69) is 0 Å². The van der Waals surface area contributed by atoms with Gasteiger partial charge in [0.25, 0.3) is 0 Å². The minimum Gasteiger partial charge on any atom is -0.461 e. The van der Waals surface area contributed by atoms with Gasteiger partial charge in [0.15, 0.2) is 5.70 Å². The van der Waals surface area contributed by atoms with Gasteiger partial charge in [-0.3, -0.25) is 5.01 Å². The van der Waals surface area contributed by atoms with Crippen LogP contribution in [-0.4, -0.2) is 12.6 Å². The Kier molecular flexibility index (Phi) is 7.08. The summed E-state index contributed by atoms with van der Waals surface area (Å²) in [4.78, 5) is 12.5. The van der Waals surface area contributed by atoms with Crippen molar-refractivity contribution in [2.45, 2.75) is 6.92 Å². The molecule has 0 saturated carbocycles. The van der Waals surface area contributed by atoms with Crippen LogP contribution in [0.25, 0.3) is 5.70 Å². The number of hydrazine groups is 1. The molecular weight excluding hydrogens is 434 g/mol. The summed E-state index contributed by atoms with van der Waals surface area (Å²) >= 11 is 24.0. The number of benzene rings is 2. The van der Waals surface area contributed by atoms with E-state index in [0.717, 1.165) is 5.01 Å². The van der Waals surface area contributed by atoms with E-state index in [9.17, 15) is 4.79 Å². The molecule has 27 heavy (non-hydrogen) atoms. The Bertz CT molecular complexity index is 918. The third kappa shape index (κ3) is 4.72. The lowest BCUT2D eigenvalue weighted by Crippen LogP contribution is -2.37. The van der Waals surface area contributed by atoms with Crippen LogP contribution in [-0.2, 0) is 9.53 Å². The molecule has 2 aromatic rings. The molecule has 0 atom stereocenters. The molecule has 144 valence electrons. The molecule has 0 aliphatic rings. The standard InChI is InChI=1S/C17H16Cl4N4O2/c1-2-27-17(26)16(15(23)8-3-4-9(18)10(19)5-8)25(24)14-7-12(21)11(20)6-13(14)22/h3-7H,2,22-24H2,1H3/b16-15+. The quantitative estimate of drug-likeness (QED) is 0.204. The molecule has 6 nitrogen and oxygen atoms in total. The van der Waals surface area contributed by atoms with E-state index in [-0.39, 0.29) is 44.4 Å². The minimum atomic E-state index is -0.756. The number of halogens is 4. The Hall–Kier alpha value is -1.83. The first-order valence-electron chi connectivity index (χ1n) is 7.59. The van der Waals surface area contributed by atoms with Crippen molar-refractivity contribution in [1.29, 1.82) is 0 Å². The van der Waals surface area contributed by atoms with Gasteiger partial charge in [0.05, 0.1) is 43.8 Å². The summed E-state index contributed by atoms with van der Waals surface area (Å²) in [6.07, 6.45) is 0. The van der Waals surface area contributed by atoms with Gasteiger partial charge in [0.2, 0.25) is 0 Å². The Balaban J connectivity index is 2.65. The van der Waals surface area contributed by atoms with E-state index in [1.807, 2.05) is 0 Å². The number of nitrogens with zero attached hydrogens (tertiary/aromatic N) is 1. The Morgan fingerprint density at radius 2 is 1.63 bits per heavy atom. The van der Waals surface area contributed by atoms with Gasteiger partial charge in [-0.05, 0) is 31.2 Å². The smallest absolute Gasteiger partial charge is 0.358 e. The highest BCUT2D eigenvalue weighted by Gasteiger charge is 2.25. The van der Waals surface area contributed by atoms with Crippen molar-refractivity contribution in [3.05, 3.63) is 61.7 Å². The van der Waals surface area contributed by atoms with Gasteiger partial charge in [0, 0.05) is 5.56 Å². The summed E-state index contributed by atoms with van der Waals surface area (Å²) in [6, 6.07) is 7.47. The number of nitrogen functional groups attached to an aromatic ring is 1. The van der Waals surface area contributed by atoms with E-state index in [1.165, 1.54) is 18.2 Å². The molecule has 0 aliphatic heterocycles. The highest BCUT2D eigenvalue weighted by molar-refractivity contribution is 6.42. The molecule has 6 N–H and O–H groups in total. The first kappa shape index (κ1) is 21.5. The zero-order valence-electron chi connectivity index (χ0n) is 14.1. The second-order valence-corrected chi connectivity index (χ2v) is 6.94. The van der Waals surface area contributed by atoms with Crippen molar-refractivity contribution in [2.75, 3.05) is 17.3 Å². The minimum absolute atomic E-state index is 0.0139. The second kappa shape index (κ2) is 8.91. The number of hydrogen-bond acceptors (Lipinski definition) is 6. The van der Waals surface area contributed by atoms with Gasteiger partial charge in [-0.25, -0.2) is 10.6 Å². The summed E-state index contributed by atoms with van der Waals surface area (Å²) in [7, 11) is 0. The number of ether oxygens (including phenoxy) is 1. The Morgan fingerprint density at radius 3 is 2.22 bits per heavy atom. The first-order chi connectivity index (χ1) is 12.7. The van der Waals surface area contributed by atoms with Crippen molar-refractivity contribution in [3.63, 3.8) is 0 Å². The summed E-state index contributed by atoms with van der Waals surface area (Å²) < 4.78 is 5.08.